The minimum absolute atomic E-state index is 0.00119. The molecule has 4 aromatic carbocycles. The molecule has 5 rings (SSSR count). The Kier molecular flexibility index (Phi) is 11.9. The van der Waals surface area contributed by atoms with Crippen molar-refractivity contribution in [3.8, 4) is 5.75 Å². The zero-order valence-corrected chi connectivity index (χ0v) is 26.7. The van der Waals surface area contributed by atoms with Crippen LogP contribution in [0.4, 0.5) is 13.2 Å². The zero-order valence-electron chi connectivity index (χ0n) is 25.9. The maximum absolute atomic E-state index is 13.7. The Morgan fingerprint density at radius 2 is 1.55 bits per heavy atom. The quantitative estimate of drug-likeness (QED) is 0.153. The van der Waals surface area contributed by atoms with Gasteiger partial charge < -0.3 is 19.5 Å². The van der Waals surface area contributed by atoms with E-state index < -0.39 is 18.0 Å². The summed E-state index contributed by atoms with van der Waals surface area (Å²) in [6.07, 6.45) is -5.41. The Bertz CT molecular complexity index is 1540. The molecule has 1 amide bonds. The maximum Gasteiger partial charge on any atom is 0.417 e. The normalized spacial score (nSPS) is 14.4. The first-order valence-electron chi connectivity index (χ1n) is 15.6. The molecule has 1 aliphatic rings. The van der Waals surface area contributed by atoms with E-state index in [1.807, 2.05) is 71.6 Å². The number of hydrogen-bond acceptors (Lipinski definition) is 5. The van der Waals surface area contributed by atoms with Crippen LogP contribution in [-0.2, 0) is 28.7 Å². The Hall–Kier alpha value is -3.89. The topological polar surface area (TPSA) is 62.2 Å². The van der Waals surface area contributed by atoms with Crippen molar-refractivity contribution < 1.29 is 32.5 Å². The van der Waals surface area contributed by atoms with Crippen LogP contribution in [0.3, 0.4) is 0 Å². The highest BCUT2D eigenvalue weighted by Gasteiger charge is 2.34. The van der Waals surface area contributed by atoms with E-state index in [1.165, 1.54) is 6.07 Å². The second-order valence-corrected chi connectivity index (χ2v) is 11.9. The summed E-state index contributed by atoms with van der Waals surface area (Å²) in [6.45, 7) is 3.05. The molecule has 0 unspecified atom stereocenters. The summed E-state index contributed by atoms with van der Waals surface area (Å²) in [7, 11) is 0. The first kappa shape index (κ1) is 34.4. The maximum atomic E-state index is 13.7. The fourth-order valence-electron chi connectivity index (χ4n) is 5.77. The van der Waals surface area contributed by atoms with Gasteiger partial charge in [0.05, 0.1) is 30.2 Å². The van der Waals surface area contributed by atoms with Crippen LogP contribution in [0, 0.1) is 0 Å². The van der Waals surface area contributed by atoms with Gasteiger partial charge in [0, 0.05) is 45.1 Å². The Balaban J connectivity index is 1.32. The van der Waals surface area contributed by atoms with Gasteiger partial charge in [-0.25, -0.2) is 0 Å². The fourth-order valence-corrected chi connectivity index (χ4v) is 6.06. The second kappa shape index (κ2) is 16.3. The first-order chi connectivity index (χ1) is 22.7. The number of morpholine rings is 1. The highest BCUT2D eigenvalue weighted by molar-refractivity contribution is 6.32. The van der Waals surface area contributed by atoms with Gasteiger partial charge in [0.2, 0.25) is 5.91 Å². The Morgan fingerprint density at radius 3 is 2.19 bits per heavy atom. The van der Waals surface area contributed by atoms with Gasteiger partial charge in [-0.05, 0) is 40.5 Å². The van der Waals surface area contributed by atoms with Gasteiger partial charge in [0.25, 0.3) is 0 Å². The minimum Gasteiger partial charge on any atom is -0.465 e. The van der Waals surface area contributed by atoms with Crippen molar-refractivity contribution in [3.05, 3.63) is 136 Å². The monoisotopic (exact) mass is 666 g/mol. The predicted molar refractivity (Wildman–Crippen MR) is 175 cm³/mol. The lowest BCUT2D eigenvalue weighted by molar-refractivity contribution is -0.137. The van der Waals surface area contributed by atoms with Crippen LogP contribution in [-0.4, -0.2) is 66.5 Å². The second-order valence-electron chi connectivity index (χ2n) is 11.6. The van der Waals surface area contributed by atoms with Crippen molar-refractivity contribution in [1.82, 2.24) is 9.80 Å². The summed E-state index contributed by atoms with van der Waals surface area (Å²) >= 11 is 6.32. The molecule has 0 saturated carbocycles. The molecule has 4 aromatic rings. The highest BCUT2D eigenvalue weighted by Crippen LogP contribution is 2.37. The van der Waals surface area contributed by atoms with Gasteiger partial charge in [-0.15, -0.1) is 0 Å². The molecule has 0 radical (unpaired) electrons. The van der Waals surface area contributed by atoms with Gasteiger partial charge in [-0.3, -0.25) is 9.69 Å². The van der Waals surface area contributed by atoms with E-state index in [4.69, 9.17) is 21.1 Å². The molecule has 0 aliphatic carbocycles. The zero-order chi connectivity index (χ0) is 33.2. The number of hydrogen-bond donors (Lipinski definition) is 1. The third-order valence-corrected chi connectivity index (χ3v) is 8.65. The van der Waals surface area contributed by atoms with Crippen LogP contribution in [0.1, 0.15) is 40.2 Å². The van der Waals surface area contributed by atoms with Crippen LogP contribution in [0.2, 0.25) is 5.02 Å². The highest BCUT2D eigenvalue weighted by atomic mass is 35.5. The molecule has 1 heterocycles. The van der Waals surface area contributed by atoms with E-state index in [0.717, 1.165) is 22.8 Å². The number of rotatable bonds is 13. The van der Waals surface area contributed by atoms with Crippen LogP contribution in [0.5, 0.6) is 5.75 Å². The summed E-state index contributed by atoms with van der Waals surface area (Å²) in [5.74, 6) is 0.325. The summed E-state index contributed by atoms with van der Waals surface area (Å²) in [5, 5.41) is 10.6. The van der Waals surface area contributed by atoms with Crippen molar-refractivity contribution in [3.63, 3.8) is 0 Å². The van der Waals surface area contributed by atoms with Crippen LogP contribution >= 0.6 is 11.6 Å². The number of benzene rings is 4. The number of aliphatic hydroxyl groups is 1. The van der Waals surface area contributed by atoms with E-state index >= 15 is 0 Å². The lowest BCUT2D eigenvalue weighted by atomic mass is 9.90. The average molecular weight is 667 g/mol. The minimum atomic E-state index is -4.58. The van der Waals surface area contributed by atoms with Gasteiger partial charge in [0.1, 0.15) is 5.75 Å². The lowest BCUT2D eigenvalue weighted by Crippen LogP contribution is -2.41. The molecular weight excluding hydrogens is 629 g/mol. The Labute approximate surface area is 278 Å². The average Bonchev–Trinajstić information content (AvgIpc) is 3.07. The number of alkyl halides is 3. The molecule has 1 atom stereocenters. The van der Waals surface area contributed by atoms with E-state index in [1.54, 1.807) is 29.2 Å². The third-order valence-electron chi connectivity index (χ3n) is 8.20. The van der Waals surface area contributed by atoms with Gasteiger partial charge in [0.15, 0.2) is 6.29 Å². The number of amides is 1. The van der Waals surface area contributed by atoms with Crippen molar-refractivity contribution >= 4 is 17.5 Å². The molecule has 0 spiro atoms. The van der Waals surface area contributed by atoms with Gasteiger partial charge >= 0.3 is 6.18 Å². The van der Waals surface area contributed by atoms with Crippen molar-refractivity contribution in [2.75, 3.05) is 39.4 Å². The third kappa shape index (κ3) is 9.81. The number of nitrogens with zero attached hydrogens (tertiary/aromatic N) is 2. The molecule has 1 aliphatic heterocycles. The smallest absolute Gasteiger partial charge is 0.417 e. The van der Waals surface area contributed by atoms with E-state index in [9.17, 15) is 23.1 Å². The summed E-state index contributed by atoms with van der Waals surface area (Å²) in [4.78, 5) is 16.5. The van der Waals surface area contributed by atoms with Crippen molar-refractivity contribution in [2.24, 2.45) is 0 Å². The van der Waals surface area contributed by atoms with Crippen molar-refractivity contribution in [1.29, 1.82) is 0 Å². The van der Waals surface area contributed by atoms with Crippen LogP contribution in [0.25, 0.3) is 0 Å². The molecule has 47 heavy (non-hydrogen) atoms. The lowest BCUT2D eigenvalue weighted by Gasteiger charge is -2.30. The number of halogens is 4. The number of ether oxygens (including phenoxy) is 2. The van der Waals surface area contributed by atoms with E-state index in [0.29, 0.717) is 50.7 Å². The molecule has 6 nitrogen and oxygen atoms in total. The standard InChI is InChI=1S/C37H38ClF3N2O4/c38-36-30(14-8-16-33(36)37(39,40)41)25-42(26-32(28-10-3-1-4-11-28)29-12-5-2-6-13-29)18-17-35(45)47-31-15-7-9-27(23-31)24-34(44)43-19-21-46-22-20-43/h1-16,23,32,35,45H,17-22,24-26H2/t35-/m1/s1. The van der Waals surface area contributed by atoms with Gasteiger partial charge in [-0.2, -0.15) is 13.2 Å². The molecule has 248 valence electrons. The van der Waals surface area contributed by atoms with Crippen LogP contribution in [0.15, 0.2) is 103 Å². The Morgan fingerprint density at radius 1 is 0.915 bits per heavy atom. The largest absolute Gasteiger partial charge is 0.465 e. The number of aliphatic hydroxyl groups excluding tert-OH is 1. The predicted octanol–water partition coefficient (Wildman–Crippen LogP) is 7.18. The molecular formula is C37H38ClF3N2O4. The molecule has 1 N–H and O–H groups in total. The number of carbonyl (C=O) groups excluding carboxylic acids is 1. The summed E-state index contributed by atoms with van der Waals surface area (Å²) in [5.41, 5.74) is 2.34. The molecule has 10 heteroatoms. The molecule has 0 aromatic heterocycles. The SMILES string of the molecule is O=C(Cc1cccc(O[C@@H](O)CCN(Cc2cccc(C(F)(F)F)c2Cl)CC(c2ccccc2)c2ccccc2)c1)N1CCOCC1. The first-order valence-corrected chi connectivity index (χ1v) is 16.0. The molecule has 0 bridgehead atoms. The number of carbonyl (C=O) groups is 1. The molecule has 1 saturated heterocycles. The fraction of sp³-hybridized carbons (Fsp3) is 0.324. The molecule has 1 fully saturated rings. The van der Waals surface area contributed by atoms with Gasteiger partial charge in [-0.1, -0.05) is 96.5 Å². The van der Waals surface area contributed by atoms with E-state index in [2.05, 4.69) is 0 Å². The summed E-state index contributed by atoms with van der Waals surface area (Å²) in [6, 6.07) is 30.8. The van der Waals surface area contributed by atoms with Crippen LogP contribution < -0.4 is 4.74 Å². The summed E-state index contributed by atoms with van der Waals surface area (Å²) < 4.78 is 52.3. The van der Waals surface area contributed by atoms with E-state index in [-0.39, 0.29) is 36.2 Å². The van der Waals surface area contributed by atoms with Crippen molar-refractivity contribution in [2.45, 2.75) is 37.8 Å².